The van der Waals surface area contributed by atoms with Crippen LogP contribution in [0.4, 0.5) is 0 Å². The minimum absolute atomic E-state index is 0.0504. The van der Waals surface area contributed by atoms with Gasteiger partial charge in [-0.2, -0.15) is 0 Å². The highest BCUT2D eigenvalue weighted by Gasteiger charge is 2.26. The molecular formula is C30H36N4O. The van der Waals surface area contributed by atoms with E-state index in [1.165, 1.54) is 16.7 Å². The summed E-state index contributed by atoms with van der Waals surface area (Å²) in [6, 6.07) is 23.9. The summed E-state index contributed by atoms with van der Waals surface area (Å²) in [7, 11) is 0. The molecule has 0 spiro atoms. The highest BCUT2D eigenvalue weighted by molar-refractivity contribution is 5.91. The number of aromatic nitrogens is 1. The second-order valence-electron chi connectivity index (χ2n) is 9.22. The van der Waals surface area contributed by atoms with Gasteiger partial charge in [-0.15, -0.1) is 0 Å². The van der Waals surface area contributed by atoms with E-state index in [4.69, 9.17) is 0 Å². The summed E-state index contributed by atoms with van der Waals surface area (Å²) in [5, 5.41) is 2.98. The van der Waals surface area contributed by atoms with Gasteiger partial charge in [0.05, 0.1) is 6.04 Å². The Bertz CT molecular complexity index is 1080. The number of pyridine rings is 1. The minimum atomic E-state index is -0.0504. The number of rotatable bonds is 10. The molecule has 2 heterocycles. The Labute approximate surface area is 209 Å². The second-order valence-corrected chi connectivity index (χ2v) is 9.22. The molecule has 3 aromatic rings. The SMILES string of the molecule is Cc1cccc(C(c2ccccc2)N2CCN(CCCCNC(=O)/C=C/c3cccnc3)CC2)c1. The summed E-state index contributed by atoms with van der Waals surface area (Å²) in [5.74, 6) is -0.0504. The summed E-state index contributed by atoms with van der Waals surface area (Å²) >= 11 is 0. The van der Waals surface area contributed by atoms with Gasteiger partial charge in [0.15, 0.2) is 0 Å². The van der Waals surface area contributed by atoms with E-state index in [1.54, 1.807) is 24.5 Å². The van der Waals surface area contributed by atoms with Crippen molar-refractivity contribution in [2.45, 2.75) is 25.8 Å². The van der Waals surface area contributed by atoms with Gasteiger partial charge < -0.3 is 10.2 Å². The number of hydrogen-bond donors (Lipinski definition) is 1. The van der Waals surface area contributed by atoms with Gasteiger partial charge in [0.2, 0.25) is 5.91 Å². The van der Waals surface area contributed by atoms with Gasteiger partial charge in [-0.25, -0.2) is 0 Å². The monoisotopic (exact) mass is 468 g/mol. The molecule has 1 aliphatic heterocycles. The first-order chi connectivity index (χ1) is 17.2. The van der Waals surface area contributed by atoms with E-state index in [-0.39, 0.29) is 5.91 Å². The number of carbonyl (C=O) groups excluding carboxylic acids is 1. The Morgan fingerprint density at radius 1 is 0.971 bits per heavy atom. The van der Waals surface area contributed by atoms with E-state index in [1.807, 2.05) is 12.1 Å². The zero-order valence-electron chi connectivity index (χ0n) is 20.6. The van der Waals surface area contributed by atoms with Crippen molar-refractivity contribution >= 4 is 12.0 Å². The van der Waals surface area contributed by atoms with Crippen molar-refractivity contribution in [3.63, 3.8) is 0 Å². The lowest BCUT2D eigenvalue weighted by Crippen LogP contribution is -2.48. The predicted molar refractivity (Wildman–Crippen MR) is 143 cm³/mol. The van der Waals surface area contributed by atoms with Gasteiger partial charge in [0, 0.05) is 51.2 Å². The highest BCUT2D eigenvalue weighted by atomic mass is 16.1. The molecule has 0 saturated carbocycles. The fourth-order valence-electron chi connectivity index (χ4n) is 4.71. The number of unbranched alkanes of at least 4 members (excludes halogenated alkanes) is 1. The van der Waals surface area contributed by atoms with Crippen molar-refractivity contribution in [1.29, 1.82) is 0 Å². The molecule has 0 bridgehead atoms. The Morgan fingerprint density at radius 2 is 1.77 bits per heavy atom. The molecular weight excluding hydrogens is 432 g/mol. The quantitative estimate of drug-likeness (QED) is 0.346. The molecule has 2 aromatic carbocycles. The van der Waals surface area contributed by atoms with Crippen molar-refractivity contribution in [1.82, 2.24) is 20.1 Å². The first kappa shape index (κ1) is 24.8. The molecule has 1 atom stereocenters. The van der Waals surface area contributed by atoms with E-state index in [0.717, 1.165) is 51.1 Å². The molecule has 1 aromatic heterocycles. The van der Waals surface area contributed by atoms with E-state index in [9.17, 15) is 4.79 Å². The van der Waals surface area contributed by atoms with E-state index in [2.05, 4.69) is 81.6 Å². The zero-order chi connectivity index (χ0) is 24.3. The van der Waals surface area contributed by atoms with Crippen LogP contribution in [-0.4, -0.2) is 60.0 Å². The molecule has 35 heavy (non-hydrogen) atoms. The number of nitrogens with zero attached hydrogens (tertiary/aromatic N) is 3. The number of nitrogens with one attached hydrogen (secondary N) is 1. The standard InChI is InChI=1S/C30H36N4O/c1-25-9-7-13-28(23-25)30(27-11-3-2-4-12-27)34-21-19-33(20-22-34)18-6-5-17-32-29(35)15-14-26-10-8-16-31-24-26/h2-4,7-16,23-24,30H,5-6,17-22H2,1H3,(H,32,35)/b15-14+. The molecule has 1 N–H and O–H groups in total. The zero-order valence-corrected chi connectivity index (χ0v) is 20.6. The third kappa shape index (κ3) is 7.61. The Kier molecular flexibility index (Phi) is 9.21. The van der Waals surface area contributed by atoms with E-state index in [0.29, 0.717) is 12.6 Å². The van der Waals surface area contributed by atoms with Gasteiger partial charge in [-0.3, -0.25) is 14.7 Å². The largest absolute Gasteiger partial charge is 0.353 e. The van der Waals surface area contributed by atoms with Gasteiger partial charge in [0.25, 0.3) is 0 Å². The molecule has 4 rings (SSSR count). The molecule has 0 aliphatic carbocycles. The lowest BCUT2D eigenvalue weighted by molar-refractivity contribution is -0.116. The summed E-state index contributed by atoms with van der Waals surface area (Å²) in [6.45, 7) is 8.23. The maximum absolute atomic E-state index is 12.0. The molecule has 182 valence electrons. The maximum Gasteiger partial charge on any atom is 0.243 e. The molecule has 1 saturated heterocycles. The van der Waals surface area contributed by atoms with Crippen LogP contribution in [0.25, 0.3) is 6.08 Å². The molecule has 1 aliphatic rings. The van der Waals surface area contributed by atoms with Crippen molar-refractivity contribution in [3.8, 4) is 0 Å². The summed E-state index contributed by atoms with van der Waals surface area (Å²) in [6.07, 6.45) is 8.92. The van der Waals surface area contributed by atoms with Gasteiger partial charge in [-0.1, -0.05) is 66.2 Å². The van der Waals surface area contributed by atoms with Crippen LogP contribution in [0.1, 0.15) is 41.1 Å². The maximum atomic E-state index is 12.0. The normalized spacial score (nSPS) is 15.8. The van der Waals surface area contributed by atoms with Gasteiger partial charge >= 0.3 is 0 Å². The second kappa shape index (κ2) is 13.0. The minimum Gasteiger partial charge on any atom is -0.353 e. The fraction of sp³-hybridized carbons (Fsp3) is 0.333. The predicted octanol–water partition coefficient (Wildman–Crippen LogP) is 4.71. The van der Waals surface area contributed by atoms with Crippen molar-refractivity contribution in [2.24, 2.45) is 0 Å². The molecule has 5 heteroatoms. The average Bonchev–Trinajstić information content (AvgIpc) is 2.90. The van der Waals surface area contributed by atoms with Crippen LogP contribution >= 0.6 is 0 Å². The molecule has 1 amide bonds. The molecule has 1 unspecified atom stereocenters. The first-order valence-corrected chi connectivity index (χ1v) is 12.6. The number of hydrogen-bond acceptors (Lipinski definition) is 4. The third-order valence-corrected chi connectivity index (χ3v) is 6.56. The van der Waals surface area contributed by atoms with E-state index >= 15 is 0 Å². The topological polar surface area (TPSA) is 48.5 Å². The van der Waals surface area contributed by atoms with E-state index < -0.39 is 0 Å². The van der Waals surface area contributed by atoms with Crippen LogP contribution < -0.4 is 5.32 Å². The Morgan fingerprint density at radius 3 is 2.51 bits per heavy atom. The lowest BCUT2D eigenvalue weighted by Gasteiger charge is -2.40. The third-order valence-electron chi connectivity index (χ3n) is 6.56. The van der Waals surface area contributed by atoms with Crippen LogP contribution in [-0.2, 0) is 4.79 Å². The Balaban J connectivity index is 1.20. The number of piperazine rings is 1. The number of carbonyl (C=O) groups is 1. The first-order valence-electron chi connectivity index (χ1n) is 12.6. The highest BCUT2D eigenvalue weighted by Crippen LogP contribution is 2.30. The van der Waals surface area contributed by atoms with Crippen LogP contribution in [0.3, 0.4) is 0 Å². The number of amides is 1. The number of benzene rings is 2. The summed E-state index contributed by atoms with van der Waals surface area (Å²) in [4.78, 5) is 21.2. The summed E-state index contributed by atoms with van der Waals surface area (Å²) in [5.41, 5.74) is 4.97. The number of aryl methyl sites for hydroxylation is 1. The van der Waals surface area contributed by atoms with Crippen LogP contribution in [0, 0.1) is 6.92 Å². The average molecular weight is 469 g/mol. The van der Waals surface area contributed by atoms with Crippen LogP contribution in [0.15, 0.2) is 85.2 Å². The van der Waals surface area contributed by atoms with Gasteiger partial charge in [0.1, 0.15) is 0 Å². The molecule has 5 nitrogen and oxygen atoms in total. The van der Waals surface area contributed by atoms with Crippen molar-refractivity contribution in [2.75, 3.05) is 39.3 Å². The fourth-order valence-corrected chi connectivity index (χ4v) is 4.71. The van der Waals surface area contributed by atoms with Crippen molar-refractivity contribution < 1.29 is 4.79 Å². The van der Waals surface area contributed by atoms with Crippen molar-refractivity contribution in [3.05, 3.63) is 107 Å². The van der Waals surface area contributed by atoms with Gasteiger partial charge in [-0.05, 0) is 55.1 Å². The van der Waals surface area contributed by atoms with Crippen LogP contribution in [0.5, 0.6) is 0 Å². The smallest absolute Gasteiger partial charge is 0.243 e. The lowest BCUT2D eigenvalue weighted by atomic mass is 9.95. The molecule has 0 radical (unpaired) electrons. The van der Waals surface area contributed by atoms with Crippen LogP contribution in [0.2, 0.25) is 0 Å². The summed E-state index contributed by atoms with van der Waals surface area (Å²) < 4.78 is 0. The Hall–Kier alpha value is -3.28. The molecule has 1 fully saturated rings.